The highest BCUT2D eigenvalue weighted by Crippen LogP contribution is 2.34. The molecule has 1 unspecified atom stereocenters. The highest BCUT2D eigenvalue weighted by Gasteiger charge is 2.48. The maximum absolute atomic E-state index is 12.9. The zero-order valence-electron chi connectivity index (χ0n) is 9.14. The molecule has 1 rings (SSSR count). The summed E-state index contributed by atoms with van der Waals surface area (Å²) < 4.78 is 65.8. The maximum atomic E-state index is 12.9. The van der Waals surface area contributed by atoms with E-state index >= 15 is 0 Å². The molecule has 1 saturated carbocycles. The monoisotopic (exact) mass is 262 g/mol. The number of aliphatic hydroxyl groups excluding tert-OH is 1. The minimum atomic E-state index is -5.00. The Kier molecular flexibility index (Phi) is 4.71. The SMILES string of the molecule is OC(COCCC1CC1)C(F)(F)CC(F)(F)F. The van der Waals surface area contributed by atoms with Crippen molar-refractivity contribution < 1.29 is 31.8 Å². The molecule has 0 aromatic heterocycles. The van der Waals surface area contributed by atoms with Gasteiger partial charge in [0, 0.05) is 6.61 Å². The second kappa shape index (κ2) is 5.48. The van der Waals surface area contributed by atoms with E-state index in [0.717, 1.165) is 12.8 Å². The fraction of sp³-hybridized carbons (Fsp3) is 1.00. The predicted molar refractivity (Wildman–Crippen MR) is 49.8 cm³/mol. The largest absolute Gasteiger partial charge is 0.394 e. The molecule has 0 saturated heterocycles. The molecule has 2 nitrogen and oxygen atoms in total. The Labute approximate surface area is 95.8 Å². The molecule has 1 N–H and O–H groups in total. The summed E-state index contributed by atoms with van der Waals surface area (Å²) in [5, 5.41) is 8.95. The van der Waals surface area contributed by atoms with Gasteiger partial charge in [0.25, 0.3) is 5.92 Å². The van der Waals surface area contributed by atoms with Crippen molar-refractivity contribution in [3.8, 4) is 0 Å². The first-order valence-corrected chi connectivity index (χ1v) is 5.41. The molecule has 0 aromatic carbocycles. The number of rotatable bonds is 7. The Morgan fingerprint density at radius 2 is 1.76 bits per heavy atom. The van der Waals surface area contributed by atoms with Crippen LogP contribution in [0.25, 0.3) is 0 Å². The molecule has 0 aliphatic heterocycles. The Balaban J connectivity index is 2.20. The van der Waals surface area contributed by atoms with Crippen LogP contribution in [0.5, 0.6) is 0 Å². The molecule has 0 radical (unpaired) electrons. The van der Waals surface area contributed by atoms with E-state index in [0.29, 0.717) is 12.3 Å². The van der Waals surface area contributed by atoms with Crippen molar-refractivity contribution in [2.75, 3.05) is 13.2 Å². The highest BCUT2D eigenvalue weighted by atomic mass is 19.4. The first kappa shape index (κ1) is 14.6. The van der Waals surface area contributed by atoms with Crippen molar-refractivity contribution in [2.45, 2.75) is 43.9 Å². The third-order valence-corrected chi connectivity index (χ3v) is 2.57. The summed E-state index contributed by atoms with van der Waals surface area (Å²) in [5.74, 6) is -3.65. The molecular formula is C10H15F5O2. The van der Waals surface area contributed by atoms with Crippen LogP contribution in [0.15, 0.2) is 0 Å². The van der Waals surface area contributed by atoms with E-state index in [1.807, 2.05) is 0 Å². The van der Waals surface area contributed by atoms with Crippen LogP contribution >= 0.6 is 0 Å². The normalized spacial score (nSPS) is 19.4. The van der Waals surface area contributed by atoms with Crippen LogP contribution in [0.4, 0.5) is 22.0 Å². The molecule has 1 aliphatic carbocycles. The summed E-state index contributed by atoms with van der Waals surface area (Å²) in [6, 6.07) is 0. The number of ether oxygens (including phenoxy) is 1. The van der Waals surface area contributed by atoms with E-state index in [1.54, 1.807) is 0 Å². The second-order valence-corrected chi connectivity index (χ2v) is 4.38. The van der Waals surface area contributed by atoms with Crippen LogP contribution in [-0.2, 0) is 4.74 Å². The Morgan fingerprint density at radius 3 is 2.24 bits per heavy atom. The molecular weight excluding hydrogens is 247 g/mol. The highest BCUT2D eigenvalue weighted by molar-refractivity contribution is 4.79. The minimum absolute atomic E-state index is 0.198. The van der Waals surface area contributed by atoms with Gasteiger partial charge in [-0.25, -0.2) is 8.78 Å². The molecule has 0 heterocycles. The number of hydrogen-bond acceptors (Lipinski definition) is 2. The van der Waals surface area contributed by atoms with Gasteiger partial charge < -0.3 is 9.84 Å². The summed E-state index contributed by atoms with van der Waals surface area (Å²) in [7, 11) is 0. The van der Waals surface area contributed by atoms with E-state index in [2.05, 4.69) is 0 Å². The van der Waals surface area contributed by atoms with Crippen LogP contribution in [0, 0.1) is 5.92 Å². The van der Waals surface area contributed by atoms with Gasteiger partial charge in [-0.3, -0.25) is 0 Å². The number of hydrogen-bond donors (Lipinski definition) is 1. The summed E-state index contributed by atoms with van der Waals surface area (Å²) in [6.45, 7) is -0.570. The van der Waals surface area contributed by atoms with Gasteiger partial charge in [0.2, 0.25) is 0 Å². The first-order chi connectivity index (χ1) is 7.71. The van der Waals surface area contributed by atoms with Gasteiger partial charge in [-0.2, -0.15) is 13.2 Å². The summed E-state index contributed by atoms with van der Waals surface area (Å²) in [6.07, 6.45) is -6.88. The fourth-order valence-electron chi connectivity index (χ4n) is 1.36. The van der Waals surface area contributed by atoms with Gasteiger partial charge in [0.1, 0.15) is 12.5 Å². The quantitative estimate of drug-likeness (QED) is 0.564. The molecule has 1 fully saturated rings. The van der Waals surface area contributed by atoms with Gasteiger partial charge in [-0.15, -0.1) is 0 Å². The maximum Gasteiger partial charge on any atom is 0.394 e. The van der Waals surface area contributed by atoms with E-state index in [1.165, 1.54) is 0 Å². The third kappa shape index (κ3) is 6.16. The van der Waals surface area contributed by atoms with Crippen molar-refractivity contribution in [1.82, 2.24) is 0 Å². The first-order valence-electron chi connectivity index (χ1n) is 5.41. The van der Waals surface area contributed by atoms with E-state index < -0.39 is 31.2 Å². The fourth-order valence-corrected chi connectivity index (χ4v) is 1.36. The lowest BCUT2D eigenvalue weighted by molar-refractivity contribution is -0.221. The van der Waals surface area contributed by atoms with Gasteiger partial charge in [-0.1, -0.05) is 12.8 Å². The van der Waals surface area contributed by atoms with Crippen LogP contribution in [0.1, 0.15) is 25.7 Å². The van der Waals surface area contributed by atoms with Gasteiger partial charge >= 0.3 is 6.18 Å². The zero-order chi connectivity index (χ0) is 13.1. The van der Waals surface area contributed by atoms with Crippen LogP contribution in [0.2, 0.25) is 0 Å². The van der Waals surface area contributed by atoms with E-state index in [-0.39, 0.29) is 6.61 Å². The molecule has 1 atom stereocenters. The summed E-state index contributed by atoms with van der Waals surface area (Å²) in [5.41, 5.74) is 0. The molecule has 17 heavy (non-hydrogen) atoms. The average molecular weight is 262 g/mol. The Hall–Kier alpha value is -0.430. The van der Waals surface area contributed by atoms with Crippen molar-refractivity contribution in [1.29, 1.82) is 0 Å². The van der Waals surface area contributed by atoms with Crippen molar-refractivity contribution in [3.63, 3.8) is 0 Å². The van der Waals surface area contributed by atoms with Crippen molar-refractivity contribution in [3.05, 3.63) is 0 Å². The molecule has 0 amide bonds. The van der Waals surface area contributed by atoms with Crippen molar-refractivity contribution >= 4 is 0 Å². The lowest BCUT2D eigenvalue weighted by Crippen LogP contribution is -2.40. The second-order valence-electron chi connectivity index (χ2n) is 4.38. The zero-order valence-corrected chi connectivity index (χ0v) is 9.14. The Morgan fingerprint density at radius 1 is 1.18 bits per heavy atom. The lowest BCUT2D eigenvalue weighted by Gasteiger charge is -2.23. The standard InChI is InChI=1S/C10H15F5O2/c11-9(12,6-10(13,14)15)8(16)5-17-4-3-7-1-2-7/h7-8,16H,1-6H2. The van der Waals surface area contributed by atoms with Crippen molar-refractivity contribution in [2.24, 2.45) is 5.92 Å². The summed E-state index contributed by atoms with van der Waals surface area (Å²) in [4.78, 5) is 0. The summed E-state index contributed by atoms with van der Waals surface area (Å²) >= 11 is 0. The lowest BCUT2D eigenvalue weighted by atomic mass is 10.1. The molecule has 1 aliphatic rings. The molecule has 7 heteroatoms. The molecule has 0 aromatic rings. The number of aliphatic hydroxyl groups is 1. The number of halogens is 5. The topological polar surface area (TPSA) is 29.5 Å². The number of alkyl halides is 5. The van der Waals surface area contributed by atoms with E-state index in [4.69, 9.17) is 9.84 Å². The van der Waals surface area contributed by atoms with Crippen LogP contribution in [0.3, 0.4) is 0 Å². The van der Waals surface area contributed by atoms with Crippen LogP contribution in [-0.4, -0.2) is 36.5 Å². The smallest absolute Gasteiger partial charge is 0.384 e. The molecule has 0 spiro atoms. The predicted octanol–water partition coefficient (Wildman–Crippen LogP) is 2.75. The van der Waals surface area contributed by atoms with Gasteiger partial charge in [-0.05, 0) is 12.3 Å². The van der Waals surface area contributed by atoms with Gasteiger partial charge in [0.05, 0.1) is 6.61 Å². The van der Waals surface area contributed by atoms with E-state index in [9.17, 15) is 22.0 Å². The third-order valence-electron chi connectivity index (χ3n) is 2.57. The minimum Gasteiger partial charge on any atom is -0.384 e. The average Bonchev–Trinajstić information content (AvgIpc) is 2.91. The molecule has 0 bridgehead atoms. The Bertz CT molecular complexity index is 237. The van der Waals surface area contributed by atoms with Crippen LogP contribution < -0.4 is 0 Å². The van der Waals surface area contributed by atoms with Gasteiger partial charge in [0.15, 0.2) is 0 Å². The molecule has 102 valence electrons.